The van der Waals surface area contributed by atoms with Crippen molar-refractivity contribution in [1.82, 2.24) is 0 Å². The third kappa shape index (κ3) is 2.81. The maximum Gasteiger partial charge on any atom is 0.265 e. The lowest BCUT2D eigenvalue weighted by atomic mass is 10.1. The van der Waals surface area contributed by atoms with Gasteiger partial charge in [-0.15, -0.1) is 0 Å². The van der Waals surface area contributed by atoms with Crippen LogP contribution in [0, 0.1) is 0 Å². The Morgan fingerprint density at radius 2 is 2.00 bits per heavy atom. The minimum atomic E-state index is -0.611. The van der Waals surface area contributed by atoms with E-state index in [0.717, 1.165) is 17.7 Å². The van der Waals surface area contributed by atoms with Crippen LogP contribution in [0.2, 0.25) is 5.02 Å². The summed E-state index contributed by atoms with van der Waals surface area (Å²) in [5, 5.41) is 3.29. The zero-order chi connectivity index (χ0) is 14.8. The molecule has 0 radical (unpaired) electrons. The van der Waals surface area contributed by atoms with E-state index in [-0.39, 0.29) is 5.91 Å². The number of rotatable bonds is 2. The lowest BCUT2D eigenvalue weighted by molar-refractivity contribution is -0.122. The Morgan fingerprint density at radius 1 is 1.19 bits per heavy atom. The number of para-hydroxylation sites is 2. The molecule has 0 bridgehead atoms. The third-order valence-electron chi connectivity index (χ3n) is 3.50. The van der Waals surface area contributed by atoms with E-state index >= 15 is 0 Å². The summed E-state index contributed by atoms with van der Waals surface area (Å²) in [7, 11) is 0. The summed E-state index contributed by atoms with van der Waals surface area (Å²) in [5.41, 5.74) is 8.23. The number of benzene rings is 2. The molecule has 1 atom stereocenters. The van der Waals surface area contributed by atoms with Crippen molar-refractivity contribution in [2.45, 2.75) is 18.9 Å². The third-order valence-corrected chi connectivity index (χ3v) is 3.80. The molecule has 1 amide bonds. The number of hydrogen-bond donors (Lipinski definition) is 2. The molecule has 2 aromatic carbocycles. The highest BCUT2D eigenvalue weighted by Crippen LogP contribution is 2.33. The summed E-state index contributed by atoms with van der Waals surface area (Å²) in [6.07, 6.45) is 0.719. The Morgan fingerprint density at radius 3 is 2.81 bits per heavy atom. The van der Waals surface area contributed by atoms with E-state index in [0.29, 0.717) is 22.9 Å². The summed E-state index contributed by atoms with van der Waals surface area (Å²) in [6.45, 7) is 0. The van der Waals surface area contributed by atoms with Crippen LogP contribution in [0.25, 0.3) is 0 Å². The van der Waals surface area contributed by atoms with Gasteiger partial charge in [0.2, 0.25) is 0 Å². The fraction of sp³-hybridized carbons (Fsp3) is 0.188. The van der Waals surface area contributed by atoms with Crippen LogP contribution in [0.4, 0.5) is 11.4 Å². The molecular weight excluding hydrogens is 288 g/mol. The second kappa shape index (κ2) is 5.66. The number of anilines is 2. The maximum atomic E-state index is 12.3. The Labute approximate surface area is 127 Å². The van der Waals surface area contributed by atoms with Gasteiger partial charge < -0.3 is 15.8 Å². The smallest absolute Gasteiger partial charge is 0.265 e. The number of hydrogen-bond acceptors (Lipinski definition) is 3. The number of nitrogen functional groups attached to an aromatic ring is 1. The van der Waals surface area contributed by atoms with Crippen molar-refractivity contribution in [3.05, 3.63) is 53.1 Å². The summed E-state index contributed by atoms with van der Waals surface area (Å²) >= 11 is 6.09. The number of aryl methyl sites for hydroxylation is 1. The van der Waals surface area contributed by atoms with E-state index in [1.807, 2.05) is 24.3 Å². The maximum absolute atomic E-state index is 12.3. The molecular formula is C16H15ClN2O2. The van der Waals surface area contributed by atoms with Gasteiger partial charge in [0.1, 0.15) is 0 Å². The highest BCUT2D eigenvalue weighted by molar-refractivity contribution is 6.32. The molecule has 5 heteroatoms. The number of nitrogens with two attached hydrogens (primary N) is 1. The zero-order valence-corrected chi connectivity index (χ0v) is 12.1. The van der Waals surface area contributed by atoms with Crippen LogP contribution in [0.15, 0.2) is 42.5 Å². The van der Waals surface area contributed by atoms with E-state index < -0.39 is 6.10 Å². The molecule has 21 heavy (non-hydrogen) atoms. The van der Waals surface area contributed by atoms with Gasteiger partial charge in [0.25, 0.3) is 5.91 Å². The second-order valence-corrected chi connectivity index (χ2v) is 5.36. The molecule has 3 N–H and O–H groups in total. The van der Waals surface area contributed by atoms with Gasteiger partial charge in [0, 0.05) is 5.69 Å². The molecule has 0 aliphatic carbocycles. The average molecular weight is 303 g/mol. The molecule has 0 saturated carbocycles. The number of amides is 1. The zero-order valence-electron chi connectivity index (χ0n) is 11.3. The molecule has 1 aliphatic rings. The van der Waals surface area contributed by atoms with Crippen molar-refractivity contribution in [2.75, 3.05) is 11.1 Å². The van der Waals surface area contributed by atoms with Crippen LogP contribution in [0.5, 0.6) is 5.75 Å². The van der Waals surface area contributed by atoms with E-state index in [1.165, 1.54) is 0 Å². The minimum Gasteiger partial charge on any atom is -0.477 e. The summed E-state index contributed by atoms with van der Waals surface area (Å²) in [6, 6.07) is 12.9. The molecule has 108 valence electrons. The van der Waals surface area contributed by atoms with Crippen LogP contribution in [-0.2, 0) is 11.2 Å². The number of fused-ring (bicyclic) bond motifs is 1. The van der Waals surface area contributed by atoms with Gasteiger partial charge in [-0.1, -0.05) is 35.9 Å². The predicted molar refractivity (Wildman–Crippen MR) is 83.7 cm³/mol. The number of ether oxygens (including phenoxy) is 1. The van der Waals surface area contributed by atoms with Crippen molar-refractivity contribution in [1.29, 1.82) is 0 Å². The van der Waals surface area contributed by atoms with Gasteiger partial charge >= 0.3 is 0 Å². The first-order chi connectivity index (χ1) is 10.1. The van der Waals surface area contributed by atoms with Crippen molar-refractivity contribution in [3.8, 4) is 5.75 Å². The quantitative estimate of drug-likeness (QED) is 0.837. The molecule has 0 spiro atoms. The van der Waals surface area contributed by atoms with Crippen LogP contribution in [0.3, 0.4) is 0 Å². The lowest BCUT2D eigenvalue weighted by Crippen LogP contribution is -2.32. The first kappa shape index (κ1) is 13.8. The molecule has 1 aliphatic heterocycles. The summed E-state index contributed by atoms with van der Waals surface area (Å²) in [4.78, 5) is 12.3. The van der Waals surface area contributed by atoms with Gasteiger partial charge in [-0.05, 0) is 36.6 Å². The monoisotopic (exact) mass is 302 g/mol. The largest absolute Gasteiger partial charge is 0.477 e. The number of carbonyl (C=O) groups is 1. The topological polar surface area (TPSA) is 64.3 Å². The highest BCUT2D eigenvalue weighted by Gasteiger charge is 2.26. The molecule has 0 aromatic heterocycles. The Bertz CT molecular complexity index is 667. The Hall–Kier alpha value is -2.20. The molecule has 1 unspecified atom stereocenters. The van der Waals surface area contributed by atoms with Crippen molar-refractivity contribution in [2.24, 2.45) is 0 Å². The van der Waals surface area contributed by atoms with Gasteiger partial charge in [-0.2, -0.15) is 0 Å². The fourth-order valence-electron chi connectivity index (χ4n) is 2.40. The molecule has 0 saturated heterocycles. The highest BCUT2D eigenvalue weighted by atomic mass is 35.5. The van der Waals surface area contributed by atoms with Crippen molar-refractivity contribution >= 4 is 28.9 Å². The standard InChI is InChI=1S/C16H15ClN2O2/c17-11-5-3-6-12(18)15(11)21-14-9-8-10-4-1-2-7-13(10)19-16(14)20/h1-7,14H,8-9,18H2,(H,19,20). The van der Waals surface area contributed by atoms with Gasteiger partial charge in [0.05, 0.1) is 10.7 Å². The minimum absolute atomic E-state index is 0.181. The van der Waals surface area contributed by atoms with Crippen LogP contribution < -0.4 is 15.8 Å². The van der Waals surface area contributed by atoms with E-state index in [2.05, 4.69) is 5.32 Å². The van der Waals surface area contributed by atoms with Gasteiger partial charge in [-0.3, -0.25) is 4.79 Å². The predicted octanol–water partition coefficient (Wildman–Crippen LogP) is 3.25. The number of carbonyl (C=O) groups excluding carboxylic acids is 1. The van der Waals surface area contributed by atoms with E-state index in [4.69, 9.17) is 22.1 Å². The number of nitrogens with one attached hydrogen (secondary N) is 1. The van der Waals surface area contributed by atoms with Crippen LogP contribution >= 0.6 is 11.6 Å². The molecule has 0 fully saturated rings. The molecule has 3 rings (SSSR count). The molecule has 4 nitrogen and oxygen atoms in total. The number of halogens is 1. The Balaban J connectivity index is 1.83. The lowest BCUT2D eigenvalue weighted by Gasteiger charge is -2.18. The SMILES string of the molecule is Nc1cccc(Cl)c1OC1CCc2ccccc2NC1=O. The van der Waals surface area contributed by atoms with Crippen LogP contribution in [-0.4, -0.2) is 12.0 Å². The summed E-state index contributed by atoms with van der Waals surface area (Å²) in [5.74, 6) is 0.185. The molecule has 1 heterocycles. The normalized spacial score (nSPS) is 17.6. The first-order valence-corrected chi connectivity index (χ1v) is 7.12. The van der Waals surface area contributed by atoms with Gasteiger partial charge in [0.15, 0.2) is 11.9 Å². The van der Waals surface area contributed by atoms with Crippen LogP contribution in [0.1, 0.15) is 12.0 Å². The van der Waals surface area contributed by atoms with Crippen molar-refractivity contribution in [3.63, 3.8) is 0 Å². The van der Waals surface area contributed by atoms with E-state index in [9.17, 15) is 4.79 Å². The Kier molecular flexibility index (Phi) is 3.71. The van der Waals surface area contributed by atoms with E-state index in [1.54, 1.807) is 18.2 Å². The second-order valence-electron chi connectivity index (χ2n) is 4.95. The van der Waals surface area contributed by atoms with Crippen molar-refractivity contribution < 1.29 is 9.53 Å². The summed E-state index contributed by atoms with van der Waals surface area (Å²) < 4.78 is 5.77. The molecule has 2 aromatic rings. The average Bonchev–Trinajstić information content (AvgIpc) is 2.62. The first-order valence-electron chi connectivity index (χ1n) is 6.74. The van der Waals surface area contributed by atoms with Gasteiger partial charge in [-0.25, -0.2) is 0 Å². The fourth-order valence-corrected chi connectivity index (χ4v) is 2.62.